The molecular formula is C19H14FN7O. The lowest BCUT2D eigenvalue weighted by Crippen LogP contribution is -2.29. The number of rotatable bonds is 5. The zero-order chi connectivity index (χ0) is 20.1. The molecule has 1 N–H and O–H groups in total. The van der Waals surface area contributed by atoms with Gasteiger partial charge in [0.2, 0.25) is 0 Å². The summed E-state index contributed by atoms with van der Waals surface area (Å²) < 4.78 is 15.2. The van der Waals surface area contributed by atoms with Crippen LogP contribution >= 0.6 is 0 Å². The number of pyridine rings is 1. The highest BCUT2D eigenvalue weighted by molar-refractivity contribution is 5.94. The zero-order valence-corrected chi connectivity index (χ0v) is 14.8. The number of nitrogens with zero attached hydrogens (tertiary/aromatic N) is 6. The van der Waals surface area contributed by atoms with E-state index < -0.39 is 17.8 Å². The van der Waals surface area contributed by atoms with E-state index >= 15 is 0 Å². The second-order valence-electron chi connectivity index (χ2n) is 5.93. The predicted octanol–water partition coefficient (Wildman–Crippen LogP) is 2.23. The molecule has 0 aliphatic carbocycles. The molecule has 1 atom stereocenters. The second-order valence-corrected chi connectivity index (χ2v) is 5.93. The maximum atomic E-state index is 13.7. The minimum Gasteiger partial charge on any atom is -0.342 e. The van der Waals surface area contributed by atoms with Gasteiger partial charge in [0, 0.05) is 11.8 Å². The molecule has 9 heteroatoms. The van der Waals surface area contributed by atoms with Crippen LogP contribution in [0.1, 0.15) is 40.3 Å². The maximum absolute atomic E-state index is 13.7. The number of nitriles is 2. The van der Waals surface area contributed by atoms with Crippen molar-refractivity contribution in [2.45, 2.75) is 19.4 Å². The number of hydrogen-bond acceptors (Lipinski definition) is 6. The lowest BCUT2D eigenvalue weighted by Gasteiger charge is -2.14. The van der Waals surface area contributed by atoms with Crippen LogP contribution in [0.25, 0.3) is 5.82 Å². The molecule has 0 spiro atoms. The molecule has 3 aromatic rings. The van der Waals surface area contributed by atoms with E-state index in [9.17, 15) is 9.18 Å². The maximum Gasteiger partial charge on any atom is 0.251 e. The van der Waals surface area contributed by atoms with Crippen LogP contribution in [-0.2, 0) is 6.42 Å². The third-order valence-corrected chi connectivity index (χ3v) is 3.91. The Morgan fingerprint density at radius 2 is 2.11 bits per heavy atom. The molecule has 0 radical (unpaired) electrons. The van der Waals surface area contributed by atoms with Gasteiger partial charge in [0.15, 0.2) is 11.6 Å². The smallest absolute Gasteiger partial charge is 0.251 e. The summed E-state index contributed by atoms with van der Waals surface area (Å²) in [5, 5.41) is 24.5. The minimum atomic E-state index is -0.587. The molecular weight excluding hydrogens is 361 g/mol. The fraction of sp³-hybridized carbons (Fsp3) is 0.158. The fourth-order valence-corrected chi connectivity index (χ4v) is 2.62. The quantitative estimate of drug-likeness (QED) is 0.730. The van der Waals surface area contributed by atoms with E-state index in [-0.39, 0.29) is 12.0 Å². The van der Waals surface area contributed by atoms with E-state index in [1.807, 2.05) is 12.1 Å². The first-order valence-corrected chi connectivity index (χ1v) is 8.25. The molecule has 3 rings (SSSR count). The first-order valence-electron chi connectivity index (χ1n) is 8.25. The molecule has 1 amide bonds. The molecule has 0 aliphatic heterocycles. The summed E-state index contributed by atoms with van der Waals surface area (Å²) in [4.78, 5) is 20.8. The average Bonchev–Trinajstić information content (AvgIpc) is 3.18. The van der Waals surface area contributed by atoms with Gasteiger partial charge in [-0.15, -0.1) is 0 Å². The standard InChI is InChI=1S/C19H14FN7O/c1-12(26-19(28)15-6-13(4-5-21)7-16(20)8-15)18-24-11-25-27(18)17-3-2-14(9-22)10-23-17/h2-3,6-8,10-12H,4H2,1H3,(H,26,28)/t12-/m0/s1. The van der Waals surface area contributed by atoms with E-state index in [0.717, 1.165) is 6.07 Å². The highest BCUT2D eigenvalue weighted by Crippen LogP contribution is 2.16. The van der Waals surface area contributed by atoms with E-state index in [1.54, 1.807) is 19.1 Å². The van der Waals surface area contributed by atoms with Crippen molar-refractivity contribution in [3.05, 3.63) is 71.2 Å². The van der Waals surface area contributed by atoms with Crippen molar-refractivity contribution in [2.75, 3.05) is 0 Å². The largest absolute Gasteiger partial charge is 0.342 e. The third-order valence-electron chi connectivity index (χ3n) is 3.91. The zero-order valence-electron chi connectivity index (χ0n) is 14.8. The third kappa shape index (κ3) is 4.00. The summed E-state index contributed by atoms with van der Waals surface area (Å²) >= 11 is 0. The summed E-state index contributed by atoms with van der Waals surface area (Å²) in [6.07, 6.45) is 2.74. The SMILES string of the molecule is C[C@H](NC(=O)c1cc(F)cc(CC#N)c1)c1ncnn1-c1ccc(C#N)cn1. The highest BCUT2D eigenvalue weighted by atomic mass is 19.1. The molecule has 0 unspecified atom stereocenters. The van der Waals surface area contributed by atoms with Crippen LogP contribution in [0.15, 0.2) is 42.9 Å². The lowest BCUT2D eigenvalue weighted by molar-refractivity contribution is 0.0937. The van der Waals surface area contributed by atoms with Crippen molar-refractivity contribution in [1.82, 2.24) is 25.1 Å². The number of amides is 1. The summed E-state index contributed by atoms with van der Waals surface area (Å²) in [5.74, 6) is -0.238. The summed E-state index contributed by atoms with van der Waals surface area (Å²) in [6.45, 7) is 1.71. The molecule has 0 bridgehead atoms. The van der Waals surface area contributed by atoms with E-state index in [4.69, 9.17) is 10.5 Å². The Morgan fingerprint density at radius 1 is 1.29 bits per heavy atom. The van der Waals surface area contributed by atoms with Crippen molar-refractivity contribution < 1.29 is 9.18 Å². The van der Waals surface area contributed by atoms with Gasteiger partial charge in [-0.1, -0.05) is 0 Å². The number of halogens is 1. The van der Waals surface area contributed by atoms with Crippen molar-refractivity contribution in [1.29, 1.82) is 10.5 Å². The molecule has 28 heavy (non-hydrogen) atoms. The molecule has 138 valence electrons. The first kappa shape index (κ1) is 18.7. The monoisotopic (exact) mass is 375 g/mol. The van der Waals surface area contributed by atoms with Gasteiger partial charge in [-0.25, -0.2) is 14.4 Å². The number of aromatic nitrogens is 4. The van der Waals surface area contributed by atoms with Gasteiger partial charge in [-0.2, -0.15) is 20.3 Å². The van der Waals surface area contributed by atoms with Crippen LogP contribution in [-0.4, -0.2) is 25.7 Å². The Bertz CT molecular complexity index is 1090. The molecule has 8 nitrogen and oxygen atoms in total. The van der Waals surface area contributed by atoms with Crippen LogP contribution in [0.5, 0.6) is 0 Å². The second kappa shape index (κ2) is 8.06. The van der Waals surface area contributed by atoms with Crippen molar-refractivity contribution in [2.24, 2.45) is 0 Å². The Morgan fingerprint density at radius 3 is 2.79 bits per heavy atom. The van der Waals surface area contributed by atoms with Crippen LogP contribution in [0, 0.1) is 28.5 Å². The van der Waals surface area contributed by atoms with Crippen LogP contribution in [0.4, 0.5) is 4.39 Å². The van der Waals surface area contributed by atoms with Crippen LogP contribution < -0.4 is 5.32 Å². The number of hydrogen-bond donors (Lipinski definition) is 1. The number of nitrogens with one attached hydrogen (secondary N) is 1. The molecule has 0 fully saturated rings. The lowest BCUT2D eigenvalue weighted by atomic mass is 10.1. The van der Waals surface area contributed by atoms with Gasteiger partial charge >= 0.3 is 0 Å². The van der Waals surface area contributed by atoms with Gasteiger partial charge < -0.3 is 5.32 Å². The molecule has 0 aliphatic rings. The average molecular weight is 375 g/mol. The van der Waals surface area contributed by atoms with Gasteiger partial charge in [0.25, 0.3) is 5.91 Å². The van der Waals surface area contributed by atoms with E-state index in [1.165, 1.54) is 29.3 Å². The van der Waals surface area contributed by atoms with E-state index in [0.29, 0.717) is 22.8 Å². The van der Waals surface area contributed by atoms with Gasteiger partial charge in [-0.05, 0) is 42.8 Å². The van der Waals surface area contributed by atoms with Gasteiger partial charge in [0.1, 0.15) is 18.2 Å². The minimum absolute atomic E-state index is 0.00623. The Kier molecular flexibility index (Phi) is 5.38. The summed E-state index contributed by atoms with van der Waals surface area (Å²) in [5.41, 5.74) is 0.941. The molecule has 2 aromatic heterocycles. The van der Waals surface area contributed by atoms with E-state index in [2.05, 4.69) is 20.4 Å². The summed E-state index contributed by atoms with van der Waals surface area (Å²) in [7, 11) is 0. The Balaban J connectivity index is 1.81. The molecule has 0 saturated carbocycles. The molecule has 0 saturated heterocycles. The van der Waals surface area contributed by atoms with Crippen molar-refractivity contribution >= 4 is 5.91 Å². The Labute approximate surface area is 159 Å². The number of benzene rings is 1. The normalized spacial score (nSPS) is 11.3. The number of carbonyl (C=O) groups excluding carboxylic acids is 1. The number of carbonyl (C=O) groups is 1. The van der Waals surface area contributed by atoms with Gasteiger partial charge in [0.05, 0.1) is 24.1 Å². The van der Waals surface area contributed by atoms with Crippen LogP contribution in [0.3, 0.4) is 0 Å². The fourth-order valence-electron chi connectivity index (χ4n) is 2.62. The van der Waals surface area contributed by atoms with Crippen molar-refractivity contribution in [3.63, 3.8) is 0 Å². The van der Waals surface area contributed by atoms with Crippen LogP contribution in [0.2, 0.25) is 0 Å². The van der Waals surface area contributed by atoms with Crippen molar-refractivity contribution in [3.8, 4) is 18.0 Å². The molecule has 2 heterocycles. The first-order chi connectivity index (χ1) is 13.5. The van der Waals surface area contributed by atoms with Gasteiger partial charge in [-0.3, -0.25) is 4.79 Å². The predicted molar refractivity (Wildman–Crippen MR) is 95.5 cm³/mol. The highest BCUT2D eigenvalue weighted by Gasteiger charge is 2.19. The summed E-state index contributed by atoms with van der Waals surface area (Å²) in [6, 6.07) is 10.4. The topological polar surface area (TPSA) is 120 Å². The molecule has 1 aromatic carbocycles. The Hall–Kier alpha value is -4.11.